The second-order valence-electron chi connectivity index (χ2n) is 3.26. The number of amides is 1. The highest BCUT2D eigenvalue weighted by Gasteiger charge is 2.13. The molecule has 2 rings (SSSR count). The van der Waals surface area contributed by atoms with Crippen LogP contribution in [0.15, 0.2) is 18.2 Å². The fourth-order valence-corrected chi connectivity index (χ4v) is 1.50. The quantitative estimate of drug-likeness (QED) is 0.642. The molecule has 14 heavy (non-hydrogen) atoms. The van der Waals surface area contributed by atoms with E-state index in [1.807, 2.05) is 18.2 Å². The molecule has 4 heteroatoms. The summed E-state index contributed by atoms with van der Waals surface area (Å²) in [7, 11) is 0. The Morgan fingerprint density at radius 1 is 1.36 bits per heavy atom. The summed E-state index contributed by atoms with van der Waals surface area (Å²) in [6, 6.07) is 5.71. The van der Waals surface area contributed by atoms with Crippen LogP contribution in [-0.4, -0.2) is 24.2 Å². The minimum Gasteiger partial charge on any atom is -0.396 e. The van der Waals surface area contributed by atoms with Gasteiger partial charge in [-0.05, 0) is 24.1 Å². The van der Waals surface area contributed by atoms with Crippen LogP contribution in [-0.2, 0) is 11.2 Å². The van der Waals surface area contributed by atoms with Gasteiger partial charge in [-0.15, -0.1) is 0 Å². The summed E-state index contributed by atoms with van der Waals surface area (Å²) >= 11 is 0. The summed E-state index contributed by atoms with van der Waals surface area (Å²) in [4.78, 5) is 11.0. The number of anilines is 2. The van der Waals surface area contributed by atoms with Crippen LogP contribution in [0.4, 0.5) is 11.4 Å². The van der Waals surface area contributed by atoms with Gasteiger partial charge in [0.05, 0.1) is 17.9 Å². The highest BCUT2D eigenvalue weighted by molar-refractivity contribution is 6.00. The van der Waals surface area contributed by atoms with Crippen molar-refractivity contribution in [3.63, 3.8) is 0 Å². The molecule has 1 amide bonds. The smallest absolute Gasteiger partial charge is 0.243 e. The number of benzene rings is 1. The summed E-state index contributed by atoms with van der Waals surface area (Å²) in [5, 5.41) is 14.6. The van der Waals surface area contributed by atoms with E-state index >= 15 is 0 Å². The zero-order valence-corrected chi connectivity index (χ0v) is 7.71. The lowest BCUT2D eigenvalue weighted by Gasteiger charge is -2.19. The lowest BCUT2D eigenvalue weighted by Crippen LogP contribution is -2.27. The van der Waals surface area contributed by atoms with Crippen molar-refractivity contribution in [2.75, 3.05) is 23.8 Å². The van der Waals surface area contributed by atoms with Crippen LogP contribution in [0.2, 0.25) is 0 Å². The molecule has 1 aromatic carbocycles. The molecule has 74 valence electrons. The number of carbonyl (C=O) groups excluding carboxylic acids is 1. The number of aliphatic hydroxyl groups is 1. The Hall–Kier alpha value is -1.55. The standard InChI is InChI=1S/C10H12N2O2/c13-4-3-7-1-2-8-9(5-7)11-6-10(14)12-8/h1-2,5,11,13H,3-4,6H2,(H,12,14). The van der Waals surface area contributed by atoms with Gasteiger partial charge in [-0.2, -0.15) is 0 Å². The maximum absolute atomic E-state index is 11.0. The first kappa shape index (κ1) is 9.02. The molecule has 0 bridgehead atoms. The highest BCUT2D eigenvalue weighted by Crippen LogP contribution is 2.25. The Balaban J connectivity index is 2.26. The maximum Gasteiger partial charge on any atom is 0.243 e. The third kappa shape index (κ3) is 1.70. The molecular formula is C10H12N2O2. The minimum atomic E-state index is -0.0209. The number of rotatable bonds is 2. The molecule has 0 atom stereocenters. The summed E-state index contributed by atoms with van der Waals surface area (Å²) in [6.07, 6.45) is 0.642. The zero-order chi connectivity index (χ0) is 9.97. The molecule has 1 heterocycles. The lowest BCUT2D eigenvalue weighted by molar-refractivity contribution is -0.114. The average molecular weight is 192 g/mol. The van der Waals surface area contributed by atoms with Crippen molar-refractivity contribution in [3.8, 4) is 0 Å². The molecule has 0 aliphatic carbocycles. The Bertz CT molecular complexity index is 363. The van der Waals surface area contributed by atoms with Crippen LogP contribution in [0.25, 0.3) is 0 Å². The summed E-state index contributed by atoms with van der Waals surface area (Å²) < 4.78 is 0. The van der Waals surface area contributed by atoms with E-state index < -0.39 is 0 Å². The Kier molecular flexibility index (Phi) is 2.37. The number of fused-ring (bicyclic) bond motifs is 1. The Morgan fingerprint density at radius 2 is 2.21 bits per heavy atom. The molecule has 0 spiro atoms. The molecule has 1 aliphatic heterocycles. The van der Waals surface area contributed by atoms with E-state index in [-0.39, 0.29) is 12.5 Å². The second kappa shape index (κ2) is 3.67. The van der Waals surface area contributed by atoms with Gasteiger partial charge in [-0.25, -0.2) is 0 Å². The van der Waals surface area contributed by atoms with E-state index in [0.717, 1.165) is 16.9 Å². The Morgan fingerprint density at radius 3 is 3.00 bits per heavy atom. The average Bonchev–Trinajstić information content (AvgIpc) is 2.19. The van der Waals surface area contributed by atoms with E-state index in [4.69, 9.17) is 5.11 Å². The van der Waals surface area contributed by atoms with Crippen LogP contribution in [0.1, 0.15) is 5.56 Å². The number of hydrogen-bond acceptors (Lipinski definition) is 3. The van der Waals surface area contributed by atoms with Crippen molar-refractivity contribution in [1.29, 1.82) is 0 Å². The van der Waals surface area contributed by atoms with Gasteiger partial charge >= 0.3 is 0 Å². The predicted octanol–water partition coefficient (Wildman–Crippen LogP) is 0.585. The Labute approximate surface area is 81.9 Å². The number of aliphatic hydroxyl groups excluding tert-OH is 1. The molecule has 4 nitrogen and oxygen atoms in total. The van der Waals surface area contributed by atoms with E-state index in [1.165, 1.54) is 0 Å². The maximum atomic E-state index is 11.0. The van der Waals surface area contributed by atoms with E-state index in [2.05, 4.69) is 10.6 Å². The molecule has 0 saturated heterocycles. The van der Waals surface area contributed by atoms with Gasteiger partial charge in [-0.3, -0.25) is 4.79 Å². The first-order valence-electron chi connectivity index (χ1n) is 4.57. The third-order valence-electron chi connectivity index (χ3n) is 2.20. The molecule has 0 aromatic heterocycles. The number of nitrogens with one attached hydrogen (secondary N) is 2. The molecule has 1 aliphatic rings. The SMILES string of the molecule is O=C1CNc2cc(CCO)ccc2N1. The second-order valence-corrected chi connectivity index (χ2v) is 3.26. The predicted molar refractivity (Wildman–Crippen MR) is 54.4 cm³/mol. The van der Waals surface area contributed by atoms with Gasteiger partial charge < -0.3 is 15.7 Å². The zero-order valence-electron chi connectivity index (χ0n) is 7.71. The van der Waals surface area contributed by atoms with Gasteiger partial charge in [0, 0.05) is 6.61 Å². The highest BCUT2D eigenvalue weighted by atomic mass is 16.2. The van der Waals surface area contributed by atoms with Crippen molar-refractivity contribution >= 4 is 17.3 Å². The van der Waals surface area contributed by atoms with Gasteiger partial charge in [0.15, 0.2) is 0 Å². The molecule has 0 saturated carbocycles. The van der Waals surface area contributed by atoms with E-state index in [0.29, 0.717) is 13.0 Å². The third-order valence-corrected chi connectivity index (χ3v) is 2.20. The van der Waals surface area contributed by atoms with Crippen LogP contribution < -0.4 is 10.6 Å². The first-order valence-corrected chi connectivity index (χ1v) is 4.57. The first-order chi connectivity index (χ1) is 6.79. The molecule has 3 N–H and O–H groups in total. The van der Waals surface area contributed by atoms with Gasteiger partial charge in [0.25, 0.3) is 0 Å². The van der Waals surface area contributed by atoms with E-state index in [1.54, 1.807) is 0 Å². The van der Waals surface area contributed by atoms with Crippen LogP contribution in [0.3, 0.4) is 0 Å². The molecule has 0 fully saturated rings. The minimum absolute atomic E-state index is 0.0209. The normalized spacial score (nSPS) is 14.2. The fourth-order valence-electron chi connectivity index (χ4n) is 1.50. The van der Waals surface area contributed by atoms with Crippen molar-refractivity contribution in [3.05, 3.63) is 23.8 Å². The summed E-state index contributed by atoms with van der Waals surface area (Å²) in [6.45, 7) is 0.459. The van der Waals surface area contributed by atoms with Gasteiger partial charge in [0.1, 0.15) is 0 Å². The van der Waals surface area contributed by atoms with Crippen molar-refractivity contribution in [1.82, 2.24) is 0 Å². The number of carbonyl (C=O) groups is 1. The van der Waals surface area contributed by atoms with Crippen LogP contribution in [0.5, 0.6) is 0 Å². The summed E-state index contributed by atoms with van der Waals surface area (Å²) in [5.74, 6) is -0.0209. The van der Waals surface area contributed by atoms with Crippen LogP contribution >= 0.6 is 0 Å². The monoisotopic (exact) mass is 192 g/mol. The fraction of sp³-hybridized carbons (Fsp3) is 0.300. The summed E-state index contributed by atoms with van der Waals surface area (Å²) in [5.41, 5.74) is 2.80. The van der Waals surface area contributed by atoms with Crippen molar-refractivity contribution in [2.24, 2.45) is 0 Å². The molecule has 0 unspecified atom stereocenters. The topological polar surface area (TPSA) is 61.4 Å². The van der Waals surface area contributed by atoms with Gasteiger partial charge in [0.2, 0.25) is 5.91 Å². The van der Waals surface area contributed by atoms with Crippen molar-refractivity contribution in [2.45, 2.75) is 6.42 Å². The van der Waals surface area contributed by atoms with E-state index in [9.17, 15) is 4.79 Å². The molecule has 1 aromatic rings. The van der Waals surface area contributed by atoms with Crippen LogP contribution in [0, 0.1) is 0 Å². The largest absolute Gasteiger partial charge is 0.396 e. The lowest BCUT2D eigenvalue weighted by atomic mass is 10.1. The number of hydrogen-bond donors (Lipinski definition) is 3. The van der Waals surface area contributed by atoms with Gasteiger partial charge in [-0.1, -0.05) is 6.07 Å². The molecular weight excluding hydrogens is 180 g/mol. The molecule has 0 radical (unpaired) electrons. The van der Waals surface area contributed by atoms with Crippen molar-refractivity contribution < 1.29 is 9.90 Å².